The van der Waals surface area contributed by atoms with Crippen LogP contribution in [0, 0.1) is 11.3 Å². The van der Waals surface area contributed by atoms with Crippen LogP contribution >= 0.6 is 0 Å². The van der Waals surface area contributed by atoms with Crippen molar-refractivity contribution in [2.24, 2.45) is 11.3 Å². The molecule has 0 aromatic rings. The van der Waals surface area contributed by atoms with Crippen LogP contribution in [0.5, 0.6) is 0 Å². The van der Waals surface area contributed by atoms with Crippen LogP contribution in [-0.2, 0) is 0 Å². The summed E-state index contributed by atoms with van der Waals surface area (Å²) in [5, 5.41) is 3.87. The molecule has 114 valence electrons. The molecule has 4 aliphatic carbocycles. The molecule has 0 aliphatic heterocycles. The van der Waals surface area contributed by atoms with E-state index in [1.807, 2.05) is 0 Å². The lowest BCUT2D eigenvalue weighted by atomic mass is 9.73. The van der Waals surface area contributed by atoms with Crippen LogP contribution in [0.4, 0.5) is 0 Å². The Bertz CT molecular complexity index is 322. The van der Waals surface area contributed by atoms with Crippen molar-refractivity contribution < 1.29 is 0 Å². The highest BCUT2D eigenvalue weighted by Gasteiger charge is 2.40. The highest BCUT2D eigenvalue weighted by atomic mass is 15.2. The second-order valence-electron chi connectivity index (χ2n) is 8.32. The summed E-state index contributed by atoms with van der Waals surface area (Å²) in [5.41, 5.74) is 0.623. The molecule has 1 N–H and O–H groups in total. The molecule has 2 heteroatoms. The summed E-state index contributed by atoms with van der Waals surface area (Å²) < 4.78 is 0. The molecule has 0 saturated heterocycles. The van der Waals surface area contributed by atoms with Gasteiger partial charge in [-0.15, -0.1) is 0 Å². The van der Waals surface area contributed by atoms with Gasteiger partial charge in [-0.25, -0.2) is 0 Å². The Hall–Kier alpha value is -0.0800. The standard InChI is InChI=1S/C18H32N2/c1-2-10-18(11-3-1,13-19-16-6-7-16)14-20(17-8-9-17)12-15-4-5-15/h15-17,19H,1-14H2. The zero-order valence-electron chi connectivity index (χ0n) is 13.1. The van der Waals surface area contributed by atoms with Gasteiger partial charge >= 0.3 is 0 Å². The van der Waals surface area contributed by atoms with Crippen molar-refractivity contribution in [2.75, 3.05) is 19.6 Å². The lowest BCUT2D eigenvalue weighted by Crippen LogP contribution is -2.47. The molecule has 0 aromatic carbocycles. The summed E-state index contributed by atoms with van der Waals surface area (Å²) in [6.07, 6.45) is 16.3. The molecule has 4 rings (SSSR count). The number of hydrogen-bond donors (Lipinski definition) is 1. The van der Waals surface area contributed by atoms with E-state index < -0.39 is 0 Å². The smallest absolute Gasteiger partial charge is 0.00967 e. The predicted molar refractivity (Wildman–Crippen MR) is 83.9 cm³/mol. The maximum atomic E-state index is 3.87. The first-order valence-corrected chi connectivity index (χ1v) is 9.30. The first kappa shape index (κ1) is 13.6. The molecular formula is C18H32N2. The minimum atomic E-state index is 0.623. The Morgan fingerprint density at radius 2 is 1.65 bits per heavy atom. The van der Waals surface area contributed by atoms with E-state index in [1.54, 1.807) is 0 Å². The number of hydrogen-bond acceptors (Lipinski definition) is 2. The number of nitrogens with one attached hydrogen (secondary N) is 1. The molecule has 0 aromatic heterocycles. The minimum absolute atomic E-state index is 0.623. The fourth-order valence-corrected chi connectivity index (χ4v) is 4.19. The Morgan fingerprint density at radius 1 is 0.900 bits per heavy atom. The molecule has 0 bridgehead atoms. The van der Waals surface area contributed by atoms with Gasteiger partial charge in [0.2, 0.25) is 0 Å². The number of nitrogens with zero attached hydrogens (tertiary/aromatic N) is 1. The van der Waals surface area contributed by atoms with Crippen molar-refractivity contribution in [3.05, 3.63) is 0 Å². The van der Waals surface area contributed by atoms with E-state index in [9.17, 15) is 0 Å². The Labute approximate surface area is 124 Å². The predicted octanol–water partition coefficient (Wildman–Crippen LogP) is 3.56. The molecule has 0 unspecified atom stereocenters. The minimum Gasteiger partial charge on any atom is -0.313 e. The average molecular weight is 276 g/mol. The Balaban J connectivity index is 1.38. The van der Waals surface area contributed by atoms with E-state index in [0.29, 0.717) is 5.41 Å². The van der Waals surface area contributed by atoms with Crippen LogP contribution in [-0.4, -0.2) is 36.6 Å². The van der Waals surface area contributed by atoms with Crippen LogP contribution in [0.2, 0.25) is 0 Å². The summed E-state index contributed by atoms with van der Waals surface area (Å²) in [7, 11) is 0. The van der Waals surface area contributed by atoms with E-state index in [-0.39, 0.29) is 0 Å². The lowest BCUT2D eigenvalue weighted by Gasteiger charge is -2.42. The molecule has 4 fully saturated rings. The summed E-state index contributed by atoms with van der Waals surface area (Å²) in [5.74, 6) is 1.06. The molecule has 4 aliphatic rings. The van der Waals surface area contributed by atoms with Gasteiger partial charge in [-0.1, -0.05) is 19.3 Å². The maximum Gasteiger partial charge on any atom is 0.00967 e. The van der Waals surface area contributed by atoms with Crippen molar-refractivity contribution in [3.63, 3.8) is 0 Å². The normalized spacial score (nSPS) is 29.9. The molecular weight excluding hydrogens is 244 g/mol. The summed E-state index contributed by atoms with van der Waals surface area (Å²) in [6.45, 7) is 4.15. The van der Waals surface area contributed by atoms with Crippen LogP contribution in [0.1, 0.15) is 70.6 Å². The van der Waals surface area contributed by atoms with Gasteiger partial charge in [-0.2, -0.15) is 0 Å². The molecule has 2 nitrogen and oxygen atoms in total. The van der Waals surface area contributed by atoms with Crippen LogP contribution in [0.25, 0.3) is 0 Å². The van der Waals surface area contributed by atoms with E-state index >= 15 is 0 Å². The van der Waals surface area contributed by atoms with Crippen molar-refractivity contribution in [1.29, 1.82) is 0 Å². The quantitative estimate of drug-likeness (QED) is 0.729. The molecule has 4 saturated carbocycles. The topological polar surface area (TPSA) is 15.3 Å². The molecule has 0 atom stereocenters. The van der Waals surface area contributed by atoms with Gasteiger partial charge in [0.05, 0.1) is 0 Å². The zero-order chi connectivity index (χ0) is 13.4. The molecule has 20 heavy (non-hydrogen) atoms. The summed E-state index contributed by atoms with van der Waals surface area (Å²) in [6, 6.07) is 1.85. The SMILES string of the molecule is C1CCC(CNC2CC2)(CN(CC2CC2)C2CC2)CC1. The van der Waals surface area contributed by atoms with Crippen LogP contribution < -0.4 is 5.32 Å². The largest absolute Gasteiger partial charge is 0.313 e. The lowest BCUT2D eigenvalue weighted by molar-refractivity contribution is 0.0936. The van der Waals surface area contributed by atoms with Gasteiger partial charge in [-0.3, -0.25) is 4.90 Å². The third kappa shape index (κ3) is 3.57. The molecule has 0 amide bonds. The monoisotopic (exact) mass is 276 g/mol. The van der Waals surface area contributed by atoms with Crippen molar-refractivity contribution in [1.82, 2.24) is 10.2 Å². The van der Waals surface area contributed by atoms with Gasteiger partial charge in [0, 0.05) is 31.7 Å². The van der Waals surface area contributed by atoms with Crippen LogP contribution in [0.3, 0.4) is 0 Å². The fraction of sp³-hybridized carbons (Fsp3) is 1.00. The fourth-order valence-electron chi connectivity index (χ4n) is 4.19. The van der Waals surface area contributed by atoms with E-state index in [4.69, 9.17) is 0 Å². The molecule has 0 radical (unpaired) electrons. The van der Waals surface area contributed by atoms with Gasteiger partial charge < -0.3 is 5.32 Å². The summed E-state index contributed by atoms with van der Waals surface area (Å²) in [4.78, 5) is 2.91. The summed E-state index contributed by atoms with van der Waals surface area (Å²) >= 11 is 0. The average Bonchev–Trinajstić information content (AvgIpc) is 3.29. The highest BCUT2D eigenvalue weighted by molar-refractivity contribution is 4.96. The van der Waals surface area contributed by atoms with Gasteiger partial charge in [0.1, 0.15) is 0 Å². The number of rotatable bonds is 8. The third-order valence-electron chi connectivity index (χ3n) is 6.05. The Morgan fingerprint density at radius 3 is 2.25 bits per heavy atom. The van der Waals surface area contributed by atoms with Crippen LogP contribution in [0.15, 0.2) is 0 Å². The zero-order valence-corrected chi connectivity index (χ0v) is 13.1. The maximum absolute atomic E-state index is 3.87. The highest BCUT2D eigenvalue weighted by Crippen LogP contribution is 2.41. The molecule has 0 heterocycles. The third-order valence-corrected chi connectivity index (χ3v) is 6.05. The van der Waals surface area contributed by atoms with Crippen molar-refractivity contribution in [2.45, 2.75) is 82.7 Å². The van der Waals surface area contributed by atoms with Crippen molar-refractivity contribution in [3.8, 4) is 0 Å². The van der Waals surface area contributed by atoms with E-state index in [1.165, 1.54) is 90.3 Å². The second kappa shape index (κ2) is 5.61. The first-order chi connectivity index (χ1) is 9.83. The second-order valence-corrected chi connectivity index (χ2v) is 8.32. The van der Waals surface area contributed by atoms with Crippen molar-refractivity contribution >= 4 is 0 Å². The van der Waals surface area contributed by atoms with E-state index in [2.05, 4.69) is 10.2 Å². The molecule has 0 spiro atoms. The van der Waals surface area contributed by atoms with E-state index in [0.717, 1.165) is 18.0 Å². The van der Waals surface area contributed by atoms with Gasteiger partial charge in [-0.05, 0) is 62.7 Å². The van der Waals surface area contributed by atoms with Gasteiger partial charge in [0.25, 0.3) is 0 Å². The van der Waals surface area contributed by atoms with Gasteiger partial charge in [0.15, 0.2) is 0 Å². The Kier molecular flexibility index (Phi) is 3.80. The first-order valence-electron chi connectivity index (χ1n) is 9.30.